The molecule has 3 rings (SSSR count). The molecule has 3 aromatic rings. The second-order valence-electron chi connectivity index (χ2n) is 4.73. The van der Waals surface area contributed by atoms with Gasteiger partial charge in [-0.05, 0) is 33.6 Å². The summed E-state index contributed by atoms with van der Waals surface area (Å²) < 4.78 is 2.53. The van der Waals surface area contributed by atoms with Crippen molar-refractivity contribution in [2.24, 2.45) is 7.05 Å². The van der Waals surface area contributed by atoms with Gasteiger partial charge in [-0.2, -0.15) is 5.10 Å². The van der Waals surface area contributed by atoms with Crippen LogP contribution in [0.15, 0.2) is 53.0 Å². The number of anilines is 1. The van der Waals surface area contributed by atoms with Gasteiger partial charge in [-0.3, -0.25) is 4.68 Å². The Labute approximate surface area is 136 Å². The van der Waals surface area contributed by atoms with Gasteiger partial charge in [0.15, 0.2) is 0 Å². The van der Waals surface area contributed by atoms with Gasteiger partial charge in [-0.15, -0.1) is 0 Å². The number of rotatable bonds is 2. The number of aromatic nitrogens is 2. The van der Waals surface area contributed by atoms with E-state index in [9.17, 15) is 0 Å². The van der Waals surface area contributed by atoms with Crippen molar-refractivity contribution >= 4 is 33.3 Å². The normalized spacial score (nSPS) is 10.8. The first-order valence-electron chi connectivity index (χ1n) is 6.41. The van der Waals surface area contributed by atoms with Crippen LogP contribution in [0.1, 0.15) is 0 Å². The third-order valence-electron chi connectivity index (χ3n) is 3.35. The summed E-state index contributed by atoms with van der Waals surface area (Å²) in [7, 11) is 1.84. The average Bonchev–Trinajstić information content (AvgIpc) is 2.79. The minimum absolute atomic E-state index is 0.641. The first-order chi connectivity index (χ1) is 10.1. The van der Waals surface area contributed by atoms with Crippen molar-refractivity contribution in [2.45, 2.75) is 0 Å². The van der Waals surface area contributed by atoms with E-state index >= 15 is 0 Å². The molecule has 0 saturated heterocycles. The highest BCUT2D eigenvalue weighted by atomic mass is 79.9. The van der Waals surface area contributed by atoms with Crippen molar-refractivity contribution < 1.29 is 0 Å². The maximum atomic E-state index is 6.20. The number of benzene rings is 2. The molecular weight excluding hydrogens is 350 g/mol. The molecule has 0 saturated carbocycles. The Morgan fingerprint density at radius 3 is 2.48 bits per heavy atom. The smallest absolute Gasteiger partial charge is 0.129 e. The van der Waals surface area contributed by atoms with Crippen LogP contribution in [0, 0.1) is 0 Å². The summed E-state index contributed by atoms with van der Waals surface area (Å²) in [5.41, 5.74) is 10.0. The minimum atomic E-state index is 0.641. The molecule has 0 fully saturated rings. The first kappa shape index (κ1) is 14.2. The van der Waals surface area contributed by atoms with Gasteiger partial charge >= 0.3 is 0 Å². The first-order valence-corrected chi connectivity index (χ1v) is 7.58. The summed E-state index contributed by atoms with van der Waals surface area (Å²) in [6.45, 7) is 0. The molecule has 0 atom stereocenters. The predicted octanol–water partition coefficient (Wildman–Crippen LogP) is 4.75. The number of nitrogen functional groups attached to an aromatic ring is 1. The molecule has 0 bridgehead atoms. The van der Waals surface area contributed by atoms with Crippen molar-refractivity contribution in [3.63, 3.8) is 0 Å². The molecule has 5 heteroatoms. The van der Waals surface area contributed by atoms with Gasteiger partial charge < -0.3 is 5.73 Å². The summed E-state index contributed by atoms with van der Waals surface area (Å²) >= 11 is 9.52. The number of nitrogens with zero attached hydrogens (tertiary/aromatic N) is 2. The third-order valence-corrected chi connectivity index (χ3v) is 4.56. The van der Waals surface area contributed by atoms with Crippen LogP contribution in [0.3, 0.4) is 0 Å². The van der Waals surface area contributed by atoms with Gasteiger partial charge in [0.1, 0.15) is 11.5 Å². The molecule has 2 N–H and O–H groups in total. The van der Waals surface area contributed by atoms with Crippen molar-refractivity contribution in [1.29, 1.82) is 0 Å². The molecule has 0 aliphatic rings. The quantitative estimate of drug-likeness (QED) is 0.715. The van der Waals surface area contributed by atoms with Crippen LogP contribution >= 0.6 is 27.5 Å². The number of nitrogens with two attached hydrogens (primary N) is 1. The van der Waals surface area contributed by atoms with Gasteiger partial charge in [0.05, 0.1) is 10.6 Å². The highest BCUT2D eigenvalue weighted by Crippen LogP contribution is 2.37. The van der Waals surface area contributed by atoms with Gasteiger partial charge in [0, 0.05) is 17.1 Å². The van der Waals surface area contributed by atoms with Crippen molar-refractivity contribution in [1.82, 2.24) is 9.78 Å². The van der Waals surface area contributed by atoms with Crippen LogP contribution in [0.4, 0.5) is 5.82 Å². The lowest BCUT2D eigenvalue weighted by Crippen LogP contribution is -1.97. The Morgan fingerprint density at radius 1 is 1.10 bits per heavy atom. The molecule has 0 radical (unpaired) electrons. The largest absolute Gasteiger partial charge is 0.383 e. The fourth-order valence-electron chi connectivity index (χ4n) is 2.27. The maximum Gasteiger partial charge on any atom is 0.129 e. The number of halogens is 2. The number of hydrogen-bond acceptors (Lipinski definition) is 2. The van der Waals surface area contributed by atoms with E-state index in [1.54, 1.807) is 4.68 Å². The molecule has 1 heterocycles. The van der Waals surface area contributed by atoms with E-state index in [4.69, 9.17) is 17.3 Å². The predicted molar refractivity (Wildman–Crippen MR) is 91.2 cm³/mol. The molecule has 0 unspecified atom stereocenters. The van der Waals surface area contributed by atoms with Crippen LogP contribution in [-0.2, 0) is 7.05 Å². The Bertz CT molecular complexity index is 797. The molecule has 0 aliphatic heterocycles. The summed E-state index contributed by atoms with van der Waals surface area (Å²) in [6, 6.07) is 15.8. The fourth-order valence-corrected chi connectivity index (χ4v) is 2.77. The highest BCUT2D eigenvalue weighted by Gasteiger charge is 2.17. The van der Waals surface area contributed by atoms with E-state index in [1.165, 1.54) is 0 Å². The maximum absolute atomic E-state index is 6.20. The van der Waals surface area contributed by atoms with Crippen LogP contribution in [0.5, 0.6) is 0 Å². The Morgan fingerprint density at radius 2 is 1.81 bits per heavy atom. The molecule has 2 aromatic carbocycles. The molecule has 106 valence electrons. The molecule has 0 spiro atoms. The van der Waals surface area contributed by atoms with E-state index in [0.717, 1.165) is 26.9 Å². The van der Waals surface area contributed by atoms with Gasteiger partial charge in [-0.25, -0.2) is 0 Å². The summed E-state index contributed by atoms with van der Waals surface area (Å²) in [5.74, 6) is 0.641. The summed E-state index contributed by atoms with van der Waals surface area (Å²) in [6.07, 6.45) is 0. The van der Waals surface area contributed by atoms with Crippen LogP contribution in [0.2, 0.25) is 5.02 Å². The SMILES string of the molecule is Cn1nc(-c2ccc(Cl)c(Br)c2)c(-c2ccccc2)c1N. The van der Waals surface area contributed by atoms with Gasteiger partial charge in [0.25, 0.3) is 0 Å². The zero-order chi connectivity index (χ0) is 15.0. The van der Waals surface area contributed by atoms with E-state index in [-0.39, 0.29) is 0 Å². The van der Waals surface area contributed by atoms with E-state index in [0.29, 0.717) is 10.8 Å². The van der Waals surface area contributed by atoms with Crippen molar-refractivity contribution in [3.05, 3.63) is 58.0 Å². The lowest BCUT2D eigenvalue weighted by atomic mass is 10.0. The van der Waals surface area contributed by atoms with E-state index in [2.05, 4.69) is 21.0 Å². The second-order valence-corrected chi connectivity index (χ2v) is 5.99. The van der Waals surface area contributed by atoms with Crippen LogP contribution < -0.4 is 5.73 Å². The molecule has 0 aliphatic carbocycles. The summed E-state index contributed by atoms with van der Waals surface area (Å²) in [4.78, 5) is 0. The monoisotopic (exact) mass is 361 g/mol. The Kier molecular flexibility index (Phi) is 3.74. The fraction of sp³-hybridized carbons (Fsp3) is 0.0625. The molecule has 21 heavy (non-hydrogen) atoms. The topological polar surface area (TPSA) is 43.8 Å². The number of hydrogen-bond donors (Lipinski definition) is 1. The van der Waals surface area contributed by atoms with Crippen molar-refractivity contribution in [3.8, 4) is 22.4 Å². The lowest BCUT2D eigenvalue weighted by molar-refractivity contribution is 0.782. The summed E-state index contributed by atoms with van der Waals surface area (Å²) in [5, 5.41) is 5.23. The highest BCUT2D eigenvalue weighted by molar-refractivity contribution is 9.10. The van der Waals surface area contributed by atoms with Crippen LogP contribution in [-0.4, -0.2) is 9.78 Å². The molecule has 1 aromatic heterocycles. The number of aryl methyl sites for hydroxylation is 1. The Balaban J connectivity index is 2.24. The standard InChI is InChI=1S/C16H13BrClN3/c1-21-16(19)14(10-5-3-2-4-6-10)15(20-21)11-7-8-13(18)12(17)9-11/h2-9H,19H2,1H3. The zero-order valence-electron chi connectivity index (χ0n) is 11.3. The Hall–Kier alpha value is -1.78. The minimum Gasteiger partial charge on any atom is -0.383 e. The van der Waals surface area contributed by atoms with Gasteiger partial charge in [-0.1, -0.05) is 48.0 Å². The molecule has 0 amide bonds. The third kappa shape index (κ3) is 2.57. The lowest BCUT2D eigenvalue weighted by Gasteiger charge is -2.05. The average molecular weight is 363 g/mol. The van der Waals surface area contributed by atoms with E-state index in [1.807, 2.05) is 55.6 Å². The molecular formula is C16H13BrClN3. The zero-order valence-corrected chi connectivity index (χ0v) is 13.7. The van der Waals surface area contributed by atoms with Crippen LogP contribution in [0.25, 0.3) is 22.4 Å². The second kappa shape index (κ2) is 5.54. The molecule has 3 nitrogen and oxygen atoms in total. The van der Waals surface area contributed by atoms with E-state index < -0.39 is 0 Å². The van der Waals surface area contributed by atoms with Crippen molar-refractivity contribution in [2.75, 3.05) is 5.73 Å². The van der Waals surface area contributed by atoms with Gasteiger partial charge in [0.2, 0.25) is 0 Å².